The van der Waals surface area contributed by atoms with Crippen molar-refractivity contribution in [1.29, 1.82) is 0 Å². The molecule has 1 heterocycles. The van der Waals surface area contributed by atoms with Crippen molar-refractivity contribution in [3.63, 3.8) is 0 Å². The second-order valence-electron chi connectivity index (χ2n) is 6.32. The van der Waals surface area contributed by atoms with Crippen molar-refractivity contribution >= 4 is 28.5 Å². The Morgan fingerprint density at radius 2 is 1.92 bits per heavy atom. The van der Waals surface area contributed by atoms with Crippen LogP contribution in [0.25, 0.3) is 11.0 Å². The standard InChI is InChI=1S/C20H19ClFNO2/c1-11-8-18-16(9-17(11)21)13(3)19(25-18)20(24)23-10-12(2)14-4-6-15(22)7-5-14/h4-9,12H,10H2,1-3H3,(H,23,24). The van der Waals surface area contributed by atoms with Gasteiger partial charge in [0.1, 0.15) is 11.4 Å². The van der Waals surface area contributed by atoms with E-state index < -0.39 is 0 Å². The number of aryl methyl sites for hydroxylation is 2. The molecular formula is C20H19ClFNO2. The zero-order chi connectivity index (χ0) is 18.1. The minimum Gasteiger partial charge on any atom is -0.451 e. The SMILES string of the molecule is Cc1cc2oc(C(=O)NCC(C)c3ccc(F)cc3)c(C)c2cc1Cl. The largest absolute Gasteiger partial charge is 0.451 e. The Hall–Kier alpha value is -2.33. The predicted octanol–water partition coefficient (Wildman–Crippen LogP) is 5.38. The molecule has 0 aliphatic heterocycles. The average Bonchev–Trinajstić information content (AvgIpc) is 2.90. The molecule has 1 unspecified atom stereocenters. The highest BCUT2D eigenvalue weighted by Crippen LogP contribution is 2.30. The van der Waals surface area contributed by atoms with E-state index in [-0.39, 0.29) is 17.6 Å². The van der Waals surface area contributed by atoms with Gasteiger partial charge in [0, 0.05) is 22.5 Å². The lowest BCUT2D eigenvalue weighted by atomic mass is 10.0. The molecular weight excluding hydrogens is 341 g/mol. The fourth-order valence-electron chi connectivity index (χ4n) is 2.79. The van der Waals surface area contributed by atoms with Crippen molar-refractivity contribution < 1.29 is 13.6 Å². The van der Waals surface area contributed by atoms with E-state index in [2.05, 4.69) is 5.32 Å². The van der Waals surface area contributed by atoms with E-state index in [1.165, 1.54) is 12.1 Å². The third-order valence-corrected chi connectivity index (χ3v) is 4.84. The molecule has 1 aromatic heterocycles. The summed E-state index contributed by atoms with van der Waals surface area (Å²) in [5.41, 5.74) is 3.28. The molecule has 0 spiro atoms. The molecule has 0 fully saturated rings. The lowest BCUT2D eigenvalue weighted by Gasteiger charge is -2.12. The number of hydrogen-bond acceptors (Lipinski definition) is 2. The monoisotopic (exact) mass is 359 g/mol. The maximum Gasteiger partial charge on any atom is 0.287 e. The van der Waals surface area contributed by atoms with E-state index in [9.17, 15) is 9.18 Å². The smallest absolute Gasteiger partial charge is 0.287 e. The van der Waals surface area contributed by atoms with Crippen LogP contribution >= 0.6 is 11.6 Å². The minimum absolute atomic E-state index is 0.0610. The van der Waals surface area contributed by atoms with Crippen molar-refractivity contribution in [2.75, 3.05) is 6.54 Å². The molecule has 1 amide bonds. The van der Waals surface area contributed by atoms with Crippen molar-refractivity contribution in [1.82, 2.24) is 5.32 Å². The molecule has 3 nitrogen and oxygen atoms in total. The van der Waals surface area contributed by atoms with Crippen LogP contribution in [0.3, 0.4) is 0 Å². The van der Waals surface area contributed by atoms with E-state index in [1.54, 1.807) is 12.1 Å². The Bertz CT molecular complexity index is 931. The predicted molar refractivity (Wildman–Crippen MR) is 97.8 cm³/mol. The zero-order valence-electron chi connectivity index (χ0n) is 14.3. The van der Waals surface area contributed by atoms with Crippen molar-refractivity contribution in [2.24, 2.45) is 0 Å². The molecule has 3 aromatic rings. The summed E-state index contributed by atoms with van der Waals surface area (Å²) in [5, 5.41) is 4.37. The molecule has 0 bridgehead atoms. The molecule has 25 heavy (non-hydrogen) atoms. The maximum atomic E-state index is 13.0. The van der Waals surface area contributed by atoms with Gasteiger partial charge in [-0.1, -0.05) is 30.7 Å². The highest BCUT2D eigenvalue weighted by molar-refractivity contribution is 6.32. The van der Waals surface area contributed by atoms with Crippen LogP contribution in [-0.4, -0.2) is 12.5 Å². The molecule has 1 atom stereocenters. The molecule has 0 aliphatic carbocycles. The zero-order valence-corrected chi connectivity index (χ0v) is 15.1. The van der Waals surface area contributed by atoms with Gasteiger partial charge in [-0.25, -0.2) is 4.39 Å². The Labute approximate surface area is 150 Å². The van der Waals surface area contributed by atoms with Gasteiger partial charge in [-0.3, -0.25) is 4.79 Å². The molecule has 0 saturated carbocycles. The van der Waals surface area contributed by atoms with Gasteiger partial charge in [0.05, 0.1) is 0 Å². The van der Waals surface area contributed by atoms with Crippen LogP contribution in [0, 0.1) is 19.7 Å². The average molecular weight is 360 g/mol. The van der Waals surface area contributed by atoms with Gasteiger partial charge in [0.2, 0.25) is 0 Å². The summed E-state index contributed by atoms with van der Waals surface area (Å²) in [7, 11) is 0. The van der Waals surface area contributed by atoms with Crippen LogP contribution in [0.5, 0.6) is 0 Å². The number of fused-ring (bicyclic) bond motifs is 1. The van der Waals surface area contributed by atoms with Crippen LogP contribution in [0.1, 0.15) is 40.1 Å². The number of hydrogen-bond donors (Lipinski definition) is 1. The summed E-state index contributed by atoms with van der Waals surface area (Å²) in [6, 6.07) is 9.95. The first-order valence-electron chi connectivity index (χ1n) is 8.09. The van der Waals surface area contributed by atoms with Crippen LogP contribution < -0.4 is 5.32 Å². The fourth-order valence-corrected chi connectivity index (χ4v) is 2.96. The van der Waals surface area contributed by atoms with E-state index in [1.807, 2.05) is 32.9 Å². The maximum absolute atomic E-state index is 13.0. The summed E-state index contributed by atoms with van der Waals surface area (Å²) >= 11 is 6.16. The highest BCUT2D eigenvalue weighted by Gasteiger charge is 2.19. The first-order chi connectivity index (χ1) is 11.9. The topological polar surface area (TPSA) is 42.2 Å². The lowest BCUT2D eigenvalue weighted by Crippen LogP contribution is -2.27. The van der Waals surface area contributed by atoms with Gasteiger partial charge in [-0.15, -0.1) is 0 Å². The fraction of sp³-hybridized carbons (Fsp3) is 0.250. The Morgan fingerprint density at radius 3 is 2.60 bits per heavy atom. The molecule has 3 rings (SSSR count). The highest BCUT2D eigenvalue weighted by atomic mass is 35.5. The lowest BCUT2D eigenvalue weighted by molar-refractivity contribution is 0.0925. The first-order valence-corrected chi connectivity index (χ1v) is 8.47. The van der Waals surface area contributed by atoms with Crippen LogP contribution in [0.4, 0.5) is 4.39 Å². The number of nitrogens with one attached hydrogen (secondary N) is 1. The Balaban J connectivity index is 1.76. The van der Waals surface area contributed by atoms with Gasteiger partial charge in [0.25, 0.3) is 5.91 Å². The number of carbonyl (C=O) groups excluding carboxylic acids is 1. The molecule has 0 radical (unpaired) electrons. The number of benzene rings is 2. The van der Waals surface area contributed by atoms with Gasteiger partial charge < -0.3 is 9.73 Å². The number of rotatable bonds is 4. The van der Waals surface area contributed by atoms with E-state index in [4.69, 9.17) is 16.0 Å². The molecule has 2 aromatic carbocycles. The van der Waals surface area contributed by atoms with Crippen molar-refractivity contribution in [3.05, 3.63) is 69.7 Å². The first kappa shape index (κ1) is 17.5. The normalized spacial score (nSPS) is 12.4. The van der Waals surface area contributed by atoms with E-state index in [0.29, 0.717) is 22.9 Å². The van der Waals surface area contributed by atoms with Crippen molar-refractivity contribution in [2.45, 2.75) is 26.7 Å². The van der Waals surface area contributed by atoms with Crippen LogP contribution in [0.2, 0.25) is 5.02 Å². The van der Waals surface area contributed by atoms with Gasteiger partial charge >= 0.3 is 0 Å². The summed E-state index contributed by atoms with van der Waals surface area (Å²) in [6.45, 7) is 6.14. The molecule has 1 N–H and O–H groups in total. The Morgan fingerprint density at radius 1 is 1.24 bits per heavy atom. The van der Waals surface area contributed by atoms with Gasteiger partial charge in [-0.2, -0.15) is 0 Å². The third kappa shape index (κ3) is 3.54. The van der Waals surface area contributed by atoms with Crippen LogP contribution in [0.15, 0.2) is 40.8 Å². The Kier molecular flexibility index (Phi) is 4.82. The summed E-state index contributed by atoms with van der Waals surface area (Å²) in [4.78, 5) is 12.5. The van der Waals surface area contributed by atoms with Gasteiger partial charge in [-0.05, 0) is 55.2 Å². The molecule has 5 heteroatoms. The second-order valence-corrected chi connectivity index (χ2v) is 6.72. The number of furan rings is 1. The van der Waals surface area contributed by atoms with Gasteiger partial charge in [0.15, 0.2) is 5.76 Å². The number of halogens is 2. The summed E-state index contributed by atoms with van der Waals surface area (Å²) in [5.74, 6) is -0.183. The minimum atomic E-state index is -0.271. The van der Waals surface area contributed by atoms with Crippen molar-refractivity contribution in [3.8, 4) is 0 Å². The van der Waals surface area contributed by atoms with E-state index >= 15 is 0 Å². The second kappa shape index (κ2) is 6.89. The summed E-state index contributed by atoms with van der Waals surface area (Å²) < 4.78 is 18.7. The molecule has 0 saturated heterocycles. The summed E-state index contributed by atoms with van der Waals surface area (Å²) in [6.07, 6.45) is 0. The third-order valence-electron chi connectivity index (χ3n) is 4.43. The quantitative estimate of drug-likeness (QED) is 0.679. The molecule has 130 valence electrons. The number of amides is 1. The van der Waals surface area contributed by atoms with Crippen LogP contribution in [-0.2, 0) is 0 Å². The molecule has 0 aliphatic rings. The van der Waals surface area contributed by atoms with E-state index in [0.717, 1.165) is 22.1 Å². The number of carbonyl (C=O) groups is 1.